The van der Waals surface area contributed by atoms with E-state index in [-0.39, 0.29) is 0 Å². The van der Waals surface area contributed by atoms with Gasteiger partial charge in [0.15, 0.2) is 0 Å². The maximum atomic E-state index is 2.55. The molecule has 92 valence electrons. The first-order valence-corrected chi connectivity index (χ1v) is 7.52. The van der Waals surface area contributed by atoms with E-state index in [1.54, 1.807) is 0 Å². The molecule has 1 spiro atoms. The summed E-state index contributed by atoms with van der Waals surface area (Å²) in [5.41, 5.74) is 0.726. The average molecular weight is 255 g/mol. The summed E-state index contributed by atoms with van der Waals surface area (Å²) in [5, 5.41) is 2.68. The summed E-state index contributed by atoms with van der Waals surface area (Å²) in [6, 6.07) is 15.4. The summed E-state index contributed by atoms with van der Waals surface area (Å²) in [6.07, 6.45) is 4.33. The Morgan fingerprint density at radius 1 is 0.944 bits per heavy atom. The molecule has 0 bridgehead atoms. The third kappa shape index (κ3) is 1.94. The highest BCUT2D eigenvalue weighted by Crippen LogP contribution is 2.54. The molecule has 0 N–H and O–H groups in total. The minimum atomic E-state index is 0.726. The molecule has 1 aliphatic carbocycles. The van der Waals surface area contributed by atoms with Crippen molar-refractivity contribution in [3.63, 3.8) is 0 Å². The lowest BCUT2D eigenvalue weighted by Crippen LogP contribution is -2.11. The van der Waals surface area contributed by atoms with Crippen LogP contribution in [0.1, 0.15) is 19.3 Å². The lowest BCUT2D eigenvalue weighted by Gasteiger charge is -2.14. The highest BCUT2D eigenvalue weighted by atomic mass is 32.2. The highest BCUT2D eigenvalue weighted by molar-refractivity contribution is 7.97. The molecular formula is C16H17NS. The van der Waals surface area contributed by atoms with Crippen LogP contribution in [0.4, 0.5) is 0 Å². The summed E-state index contributed by atoms with van der Waals surface area (Å²) in [5.74, 6) is 0. The van der Waals surface area contributed by atoms with Gasteiger partial charge in [-0.25, -0.2) is 4.31 Å². The second kappa shape index (κ2) is 4.01. The van der Waals surface area contributed by atoms with E-state index in [2.05, 4.69) is 46.8 Å². The van der Waals surface area contributed by atoms with Gasteiger partial charge in [0, 0.05) is 18.0 Å². The molecule has 1 nitrogen and oxygen atoms in total. The third-order valence-corrected chi connectivity index (χ3v) is 5.35. The van der Waals surface area contributed by atoms with E-state index in [0.29, 0.717) is 0 Å². The Balaban J connectivity index is 1.55. The SMILES string of the molecule is c1ccc2cc(SN3CCC4(CC4)C3)ccc2c1. The van der Waals surface area contributed by atoms with Crippen LogP contribution in [0.15, 0.2) is 47.4 Å². The van der Waals surface area contributed by atoms with E-state index in [9.17, 15) is 0 Å². The van der Waals surface area contributed by atoms with E-state index >= 15 is 0 Å². The molecule has 2 aromatic carbocycles. The molecule has 0 radical (unpaired) electrons. The highest BCUT2D eigenvalue weighted by Gasteiger charge is 2.47. The number of rotatable bonds is 2. The van der Waals surface area contributed by atoms with Gasteiger partial charge >= 0.3 is 0 Å². The standard InChI is InChI=1S/C16H17NS/c1-2-4-14-11-15(6-5-13(14)3-1)18-17-10-9-16(12-17)7-8-16/h1-6,11H,7-10,12H2. The van der Waals surface area contributed by atoms with Crippen LogP contribution in [-0.4, -0.2) is 17.4 Å². The molecule has 1 saturated carbocycles. The maximum absolute atomic E-state index is 2.55. The van der Waals surface area contributed by atoms with Crippen molar-refractivity contribution in [3.05, 3.63) is 42.5 Å². The summed E-state index contributed by atoms with van der Waals surface area (Å²) in [7, 11) is 0. The van der Waals surface area contributed by atoms with E-state index < -0.39 is 0 Å². The largest absolute Gasteiger partial charge is 0.246 e. The molecule has 2 heteroatoms. The Kier molecular flexibility index (Phi) is 2.42. The zero-order valence-corrected chi connectivity index (χ0v) is 11.2. The fourth-order valence-electron chi connectivity index (χ4n) is 2.93. The molecule has 0 amide bonds. The predicted molar refractivity (Wildman–Crippen MR) is 77.7 cm³/mol. The van der Waals surface area contributed by atoms with Crippen LogP contribution < -0.4 is 0 Å². The van der Waals surface area contributed by atoms with E-state index in [1.165, 1.54) is 48.0 Å². The van der Waals surface area contributed by atoms with E-state index in [4.69, 9.17) is 0 Å². The van der Waals surface area contributed by atoms with Crippen LogP contribution in [0.25, 0.3) is 10.8 Å². The lowest BCUT2D eigenvalue weighted by molar-refractivity contribution is 0.511. The second-order valence-corrected chi connectivity index (χ2v) is 6.88. The number of nitrogens with zero attached hydrogens (tertiary/aromatic N) is 1. The number of benzene rings is 2. The fraction of sp³-hybridized carbons (Fsp3) is 0.375. The second-order valence-electron chi connectivity index (χ2n) is 5.71. The van der Waals surface area contributed by atoms with Crippen molar-refractivity contribution >= 4 is 22.7 Å². The Morgan fingerprint density at radius 2 is 1.78 bits per heavy atom. The van der Waals surface area contributed by atoms with Gasteiger partial charge in [0.1, 0.15) is 0 Å². The van der Waals surface area contributed by atoms with Gasteiger partial charge in [0.25, 0.3) is 0 Å². The number of hydrogen-bond donors (Lipinski definition) is 0. The van der Waals surface area contributed by atoms with Crippen LogP contribution in [0.2, 0.25) is 0 Å². The van der Waals surface area contributed by atoms with Gasteiger partial charge in [0.05, 0.1) is 0 Å². The Labute approximate surface area is 112 Å². The van der Waals surface area contributed by atoms with Crippen molar-refractivity contribution in [1.29, 1.82) is 0 Å². The molecule has 2 fully saturated rings. The van der Waals surface area contributed by atoms with Crippen molar-refractivity contribution in [1.82, 2.24) is 4.31 Å². The van der Waals surface area contributed by atoms with E-state index in [0.717, 1.165) is 5.41 Å². The van der Waals surface area contributed by atoms with Crippen molar-refractivity contribution in [2.75, 3.05) is 13.1 Å². The lowest BCUT2D eigenvalue weighted by atomic mass is 10.1. The van der Waals surface area contributed by atoms with Gasteiger partial charge < -0.3 is 0 Å². The number of hydrogen-bond acceptors (Lipinski definition) is 2. The Bertz CT molecular complexity index is 588. The quantitative estimate of drug-likeness (QED) is 0.735. The molecule has 0 aromatic heterocycles. The molecule has 1 aliphatic heterocycles. The zero-order chi connectivity index (χ0) is 12.0. The fourth-order valence-corrected chi connectivity index (χ4v) is 4.06. The van der Waals surface area contributed by atoms with Crippen LogP contribution in [0, 0.1) is 5.41 Å². The number of fused-ring (bicyclic) bond motifs is 1. The monoisotopic (exact) mass is 255 g/mol. The van der Waals surface area contributed by atoms with Crippen LogP contribution >= 0.6 is 11.9 Å². The molecule has 0 atom stereocenters. The van der Waals surface area contributed by atoms with Gasteiger partial charge in [-0.3, -0.25) is 0 Å². The molecule has 1 saturated heterocycles. The topological polar surface area (TPSA) is 3.24 Å². The zero-order valence-electron chi connectivity index (χ0n) is 10.4. The molecule has 4 rings (SSSR count). The molecule has 0 unspecified atom stereocenters. The van der Waals surface area contributed by atoms with Gasteiger partial charge in [-0.2, -0.15) is 0 Å². The first-order chi connectivity index (χ1) is 8.83. The third-order valence-electron chi connectivity index (χ3n) is 4.32. The van der Waals surface area contributed by atoms with Gasteiger partial charge in [0.2, 0.25) is 0 Å². The van der Waals surface area contributed by atoms with Crippen molar-refractivity contribution in [3.8, 4) is 0 Å². The normalized spacial score (nSPS) is 21.8. The smallest absolute Gasteiger partial charge is 0.0236 e. The molecule has 18 heavy (non-hydrogen) atoms. The summed E-state index contributed by atoms with van der Waals surface area (Å²) < 4.78 is 2.55. The predicted octanol–water partition coefficient (Wildman–Crippen LogP) is 4.33. The van der Waals surface area contributed by atoms with Crippen LogP contribution in [0.5, 0.6) is 0 Å². The van der Waals surface area contributed by atoms with Crippen molar-refractivity contribution in [2.45, 2.75) is 24.2 Å². The maximum Gasteiger partial charge on any atom is 0.0236 e. The minimum absolute atomic E-state index is 0.726. The Morgan fingerprint density at radius 3 is 2.56 bits per heavy atom. The van der Waals surface area contributed by atoms with Crippen molar-refractivity contribution in [2.24, 2.45) is 5.41 Å². The summed E-state index contributed by atoms with van der Waals surface area (Å²) in [4.78, 5) is 1.38. The van der Waals surface area contributed by atoms with Gasteiger partial charge in [-0.05, 0) is 59.5 Å². The van der Waals surface area contributed by atoms with Crippen molar-refractivity contribution < 1.29 is 0 Å². The van der Waals surface area contributed by atoms with Crippen LogP contribution in [-0.2, 0) is 0 Å². The van der Waals surface area contributed by atoms with Gasteiger partial charge in [-0.15, -0.1) is 0 Å². The minimum Gasteiger partial charge on any atom is -0.246 e. The molecular weight excluding hydrogens is 238 g/mol. The molecule has 2 aliphatic rings. The van der Waals surface area contributed by atoms with Gasteiger partial charge in [-0.1, -0.05) is 30.3 Å². The first-order valence-electron chi connectivity index (χ1n) is 6.75. The first kappa shape index (κ1) is 10.9. The van der Waals surface area contributed by atoms with E-state index in [1.807, 2.05) is 11.9 Å². The summed E-state index contributed by atoms with van der Waals surface area (Å²) >= 11 is 1.94. The Hall–Kier alpha value is -0.990. The average Bonchev–Trinajstić information content (AvgIpc) is 3.04. The van der Waals surface area contributed by atoms with Crippen LogP contribution in [0.3, 0.4) is 0 Å². The molecule has 1 heterocycles. The molecule has 2 aromatic rings. The summed E-state index contributed by atoms with van der Waals surface area (Å²) in [6.45, 7) is 2.56.